The van der Waals surface area contributed by atoms with Crippen LogP contribution in [0.15, 0.2) is 24.3 Å². The molecular weight excluding hydrogens is 1030 g/mol. The van der Waals surface area contributed by atoms with Gasteiger partial charge in [-0.2, -0.15) is 0 Å². The molecule has 484 valence electrons. The number of carbonyl (C=O) groups excluding carboxylic acids is 2. The minimum atomic E-state index is -1.61. The number of aliphatic hydroxyl groups excluding tert-OH is 5. The van der Waals surface area contributed by atoms with E-state index in [4.69, 9.17) is 14.2 Å². The molecule has 1 rings (SSSR count). The zero-order valence-corrected chi connectivity index (χ0v) is 53.9. The molecule has 1 aliphatic rings. The molecule has 1 saturated heterocycles. The number of aliphatic hydroxyl groups is 5. The first-order valence-corrected chi connectivity index (χ1v) is 35.6. The quantitative estimate of drug-likeness (QED) is 0.0195. The van der Waals surface area contributed by atoms with Gasteiger partial charge in [-0.05, 0) is 51.4 Å². The summed E-state index contributed by atoms with van der Waals surface area (Å²) in [5.41, 5.74) is 0. The number of ether oxygens (including phenoxy) is 3. The Kier molecular flexibility index (Phi) is 56.7. The van der Waals surface area contributed by atoms with Crippen molar-refractivity contribution in [2.24, 2.45) is 0 Å². The highest BCUT2D eigenvalue weighted by Crippen LogP contribution is 2.26. The van der Waals surface area contributed by atoms with Crippen molar-refractivity contribution in [2.75, 3.05) is 13.2 Å². The minimum Gasteiger partial charge on any atom is -0.454 e. The van der Waals surface area contributed by atoms with Crippen LogP contribution in [0, 0.1) is 0 Å². The van der Waals surface area contributed by atoms with Crippen LogP contribution in [-0.2, 0) is 23.8 Å². The average molecular weight is 1160 g/mol. The lowest BCUT2D eigenvalue weighted by atomic mass is 9.99. The van der Waals surface area contributed by atoms with Gasteiger partial charge in [-0.1, -0.05) is 321 Å². The van der Waals surface area contributed by atoms with Crippen molar-refractivity contribution in [3.63, 3.8) is 0 Å². The SMILES string of the molecule is CCCCCCCC/C=C/CCCCCCCCC(O)C(=O)NC(COC1OC(CO)C(O)C(O)C1OC(=O)CCCCCCCCCCCCCCCCCCCCCCCCCCC)C(O)/C=C/CCCCCCCCCCCC. The zero-order chi connectivity index (χ0) is 59.6. The van der Waals surface area contributed by atoms with Gasteiger partial charge in [0.2, 0.25) is 5.91 Å². The third-order valence-electron chi connectivity index (χ3n) is 17.1. The molecule has 0 aromatic heterocycles. The molecule has 1 amide bonds. The van der Waals surface area contributed by atoms with E-state index < -0.39 is 67.4 Å². The predicted octanol–water partition coefficient (Wildman–Crippen LogP) is 18.0. The summed E-state index contributed by atoms with van der Waals surface area (Å²) in [5, 5.41) is 57.2. The molecule has 11 nitrogen and oxygen atoms in total. The third-order valence-corrected chi connectivity index (χ3v) is 17.1. The van der Waals surface area contributed by atoms with Gasteiger partial charge in [0.25, 0.3) is 0 Å². The van der Waals surface area contributed by atoms with Crippen molar-refractivity contribution in [3.05, 3.63) is 24.3 Å². The summed E-state index contributed by atoms with van der Waals surface area (Å²) in [6.45, 7) is 5.84. The number of allylic oxidation sites excluding steroid dienone is 3. The van der Waals surface area contributed by atoms with Crippen LogP contribution in [0.3, 0.4) is 0 Å². The van der Waals surface area contributed by atoms with E-state index >= 15 is 0 Å². The molecule has 1 aliphatic heterocycles. The maximum absolute atomic E-state index is 13.4. The van der Waals surface area contributed by atoms with Gasteiger partial charge in [0.1, 0.15) is 24.4 Å². The van der Waals surface area contributed by atoms with E-state index in [1.165, 1.54) is 238 Å². The standard InChI is InChI=1S/C71H135NO10/c1-4-7-10-13-16-19-22-25-27-29-30-31-32-33-34-35-36-37-39-41-44-47-50-53-56-59-66(76)82-69-68(78)67(77)65(60-73)81-71(69)80-61-62(63(74)57-54-51-48-45-42-24-21-18-15-12-9-6-3)72-70(79)64(75)58-55-52-49-46-43-40-38-28-26-23-20-17-14-11-8-5-2/h26,28,54,57,62-65,67-69,71,73-75,77-78H,4-25,27,29-53,55-56,58-61H2,1-3H3,(H,72,79)/b28-26+,57-54+. The molecule has 0 spiro atoms. The van der Waals surface area contributed by atoms with Gasteiger partial charge in [0.05, 0.1) is 25.4 Å². The van der Waals surface area contributed by atoms with Crippen LogP contribution in [0.2, 0.25) is 0 Å². The molecule has 0 bridgehead atoms. The van der Waals surface area contributed by atoms with E-state index in [9.17, 15) is 35.1 Å². The first kappa shape index (κ1) is 78.2. The van der Waals surface area contributed by atoms with Crippen molar-refractivity contribution in [2.45, 2.75) is 404 Å². The molecule has 0 aromatic carbocycles. The van der Waals surface area contributed by atoms with Crippen LogP contribution in [0.25, 0.3) is 0 Å². The molecule has 1 heterocycles. The summed E-state index contributed by atoms with van der Waals surface area (Å²) >= 11 is 0. The van der Waals surface area contributed by atoms with Crippen LogP contribution >= 0.6 is 0 Å². The van der Waals surface area contributed by atoms with Crippen molar-refractivity contribution in [1.82, 2.24) is 5.32 Å². The molecule has 0 saturated carbocycles. The summed E-state index contributed by atoms with van der Waals surface area (Å²) in [6.07, 6.45) is 60.9. The summed E-state index contributed by atoms with van der Waals surface area (Å²) in [4.78, 5) is 26.6. The Balaban J connectivity index is 2.54. The van der Waals surface area contributed by atoms with Crippen LogP contribution in [0.1, 0.15) is 355 Å². The lowest BCUT2D eigenvalue weighted by molar-refractivity contribution is -0.305. The first-order chi connectivity index (χ1) is 40.2. The lowest BCUT2D eigenvalue weighted by Gasteiger charge is -2.41. The van der Waals surface area contributed by atoms with Gasteiger partial charge in [0, 0.05) is 6.42 Å². The monoisotopic (exact) mass is 1160 g/mol. The second-order valence-electron chi connectivity index (χ2n) is 25.0. The fourth-order valence-electron chi connectivity index (χ4n) is 11.5. The maximum Gasteiger partial charge on any atom is 0.306 e. The zero-order valence-electron chi connectivity index (χ0n) is 53.9. The molecule has 8 unspecified atom stereocenters. The van der Waals surface area contributed by atoms with Crippen molar-refractivity contribution in [3.8, 4) is 0 Å². The van der Waals surface area contributed by atoms with Crippen LogP contribution in [-0.4, -0.2) is 99.6 Å². The summed E-state index contributed by atoms with van der Waals surface area (Å²) < 4.78 is 17.7. The number of hydrogen-bond donors (Lipinski definition) is 6. The average Bonchev–Trinajstić information content (AvgIpc) is 3.68. The number of carbonyl (C=O) groups is 2. The van der Waals surface area contributed by atoms with Gasteiger partial charge < -0.3 is 45.1 Å². The fourth-order valence-corrected chi connectivity index (χ4v) is 11.5. The Labute approximate surface area is 505 Å². The van der Waals surface area contributed by atoms with E-state index in [-0.39, 0.29) is 19.4 Å². The van der Waals surface area contributed by atoms with Crippen molar-refractivity contribution >= 4 is 11.9 Å². The topological polar surface area (TPSA) is 175 Å². The Morgan fingerprint density at radius 1 is 0.463 bits per heavy atom. The Hall–Kier alpha value is -1.86. The fraction of sp³-hybridized carbons (Fsp3) is 0.915. The smallest absolute Gasteiger partial charge is 0.306 e. The van der Waals surface area contributed by atoms with E-state index in [1.807, 2.05) is 6.08 Å². The van der Waals surface area contributed by atoms with Crippen molar-refractivity contribution in [1.29, 1.82) is 0 Å². The minimum absolute atomic E-state index is 0.130. The van der Waals surface area contributed by atoms with Gasteiger partial charge in [0.15, 0.2) is 12.4 Å². The number of amides is 1. The van der Waals surface area contributed by atoms with Gasteiger partial charge in [-0.25, -0.2) is 0 Å². The second kappa shape index (κ2) is 59.5. The number of hydrogen-bond acceptors (Lipinski definition) is 10. The van der Waals surface area contributed by atoms with Gasteiger partial charge in [-0.15, -0.1) is 0 Å². The number of rotatable bonds is 62. The lowest BCUT2D eigenvalue weighted by Crippen LogP contribution is -2.61. The molecule has 0 aliphatic carbocycles. The van der Waals surface area contributed by atoms with E-state index in [0.29, 0.717) is 12.8 Å². The summed E-state index contributed by atoms with van der Waals surface area (Å²) in [6, 6.07) is -1.02. The summed E-state index contributed by atoms with van der Waals surface area (Å²) in [7, 11) is 0. The van der Waals surface area contributed by atoms with E-state index in [1.54, 1.807) is 6.08 Å². The molecule has 0 radical (unpaired) electrons. The Bertz CT molecular complexity index is 1430. The normalized spacial score (nSPS) is 18.7. The maximum atomic E-state index is 13.4. The van der Waals surface area contributed by atoms with Crippen LogP contribution < -0.4 is 5.32 Å². The van der Waals surface area contributed by atoms with Crippen LogP contribution in [0.5, 0.6) is 0 Å². The highest BCUT2D eigenvalue weighted by atomic mass is 16.7. The molecule has 6 N–H and O–H groups in total. The Morgan fingerprint density at radius 2 is 0.805 bits per heavy atom. The molecule has 1 fully saturated rings. The third kappa shape index (κ3) is 46.4. The Morgan fingerprint density at radius 3 is 1.18 bits per heavy atom. The number of unbranched alkanes of at least 4 members (excludes halogenated alkanes) is 46. The highest BCUT2D eigenvalue weighted by Gasteiger charge is 2.47. The number of esters is 1. The van der Waals surface area contributed by atoms with Crippen molar-refractivity contribution < 1.29 is 49.3 Å². The van der Waals surface area contributed by atoms with Gasteiger partial charge in [-0.3, -0.25) is 9.59 Å². The molecule has 82 heavy (non-hydrogen) atoms. The second-order valence-corrected chi connectivity index (χ2v) is 25.0. The van der Waals surface area contributed by atoms with E-state index in [2.05, 4.69) is 38.2 Å². The molecule has 11 heteroatoms. The first-order valence-electron chi connectivity index (χ1n) is 35.6. The van der Waals surface area contributed by atoms with Crippen LogP contribution in [0.4, 0.5) is 0 Å². The highest BCUT2D eigenvalue weighted by molar-refractivity contribution is 5.80. The molecule has 0 aromatic rings. The largest absolute Gasteiger partial charge is 0.454 e. The van der Waals surface area contributed by atoms with Gasteiger partial charge >= 0.3 is 5.97 Å². The molecule has 8 atom stereocenters. The summed E-state index contributed by atoms with van der Waals surface area (Å²) in [5.74, 6) is -1.18. The number of nitrogens with one attached hydrogen (secondary N) is 1. The molecular formula is C71H135NO10. The predicted molar refractivity (Wildman–Crippen MR) is 343 cm³/mol. The van der Waals surface area contributed by atoms with E-state index in [0.717, 1.165) is 70.6 Å².